The van der Waals surface area contributed by atoms with Crippen LogP contribution in [0.25, 0.3) is 10.8 Å². The SMILES string of the molecule is Cc1ccccc1COc1ccc2ccccc2c1CNc1ccc(F)cc1. The number of anilines is 1. The minimum atomic E-state index is -0.238. The van der Waals surface area contributed by atoms with Crippen LogP contribution in [0.4, 0.5) is 10.1 Å². The number of rotatable bonds is 6. The van der Waals surface area contributed by atoms with Gasteiger partial charge < -0.3 is 10.1 Å². The van der Waals surface area contributed by atoms with Crippen LogP contribution < -0.4 is 10.1 Å². The van der Waals surface area contributed by atoms with Gasteiger partial charge in [0.05, 0.1) is 0 Å². The summed E-state index contributed by atoms with van der Waals surface area (Å²) in [4.78, 5) is 0. The molecule has 0 heterocycles. The van der Waals surface area contributed by atoms with Gasteiger partial charge in [-0.3, -0.25) is 0 Å². The summed E-state index contributed by atoms with van der Waals surface area (Å²) in [6.45, 7) is 3.21. The molecule has 2 nitrogen and oxygen atoms in total. The predicted octanol–water partition coefficient (Wildman–Crippen LogP) is 6.48. The number of benzene rings is 4. The summed E-state index contributed by atoms with van der Waals surface area (Å²) in [6.07, 6.45) is 0. The fourth-order valence-electron chi connectivity index (χ4n) is 3.32. The molecule has 4 aromatic carbocycles. The zero-order chi connectivity index (χ0) is 19.3. The first-order chi connectivity index (χ1) is 13.7. The number of hydrogen-bond donors (Lipinski definition) is 1. The fraction of sp³-hybridized carbons (Fsp3) is 0.120. The van der Waals surface area contributed by atoms with Crippen LogP contribution in [0, 0.1) is 12.7 Å². The molecule has 0 amide bonds. The number of halogens is 1. The van der Waals surface area contributed by atoms with Crippen LogP contribution in [0.3, 0.4) is 0 Å². The van der Waals surface area contributed by atoms with E-state index in [0.717, 1.165) is 22.4 Å². The highest BCUT2D eigenvalue weighted by atomic mass is 19.1. The topological polar surface area (TPSA) is 21.3 Å². The van der Waals surface area contributed by atoms with Crippen molar-refractivity contribution in [1.82, 2.24) is 0 Å². The van der Waals surface area contributed by atoms with E-state index >= 15 is 0 Å². The summed E-state index contributed by atoms with van der Waals surface area (Å²) >= 11 is 0. The minimum Gasteiger partial charge on any atom is -0.489 e. The molecule has 0 bridgehead atoms. The average molecular weight is 371 g/mol. The summed E-state index contributed by atoms with van der Waals surface area (Å²) in [5, 5.41) is 5.70. The van der Waals surface area contributed by atoms with Crippen LogP contribution in [0.2, 0.25) is 0 Å². The largest absolute Gasteiger partial charge is 0.489 e. The van der Waals surface area contributed by atoms with E-state index in [9.17, 15) is 4.39 Å². The monoisotopic (exact) mass is 371 g/mol. The molecule has 0 aliphatic rings. The summed E-state index contributed by atoms with van der Waals surface area (Å²) in [7, 11) is 0. The third-order valence-electron chi connectivity index (χ3n) is 4.96. The number of ether oxygens (including phenoxy) is 1. The van der Waals surface area contributed by atoms with Gasteiger partial charge >= 0.3 is 0 Å². The molecule has 0 aliphatic carbocycles. The predicted molar refractivity (Wildman–Crippen MR) is 113 cm³/mol. The van der Waals surface area contributed by atoms with Gasteiger partial charge in [-0.1, -0.05) is 54.6 Å². The highest BCUT2D eigenvalue weighted by Gasteiger charge is 2.10. The molecule has 0 atom stereocenters. The van der Waals surface area contributed by atoms with Gasteiger partial charge in [0.25, 0.3) is 0 Å². The van der Waals surface area contributed by atoms with Crippen molar-refractivity contribution in [1.29, 1.82) is 0 Å². The van der Waals surface area contributed by atoms with Gasteiger partial charge in [0, 0.05) is 17.8 Å². The number of hydrogen-bond acceptors (Lipinski definition) is 2. The minimum absolute atomic E-state index is 0.238. The summed E-state index contributed by atoms with van der Waals surface area (Å²) in [5.74, 6) is 0.620. The van der Waals surface area contributed by atoms with Crippen molar-refractivity contribution in [2.45, 2.75) is 20.1 Å². The van der Waals surface area contributed by atoms with Gasteiger partial charge in [-0.25, -0.2) is 4.39 Å². The molecule has 0 fully saturated rings. The lowest BCUT2D eigenvalue weighted by molar-refractivity contribution is 0.303. The van der Waals surface area contributed by atoms with Gasteiger partial charge in [-0.2, -0.15) is 0 Å². The van der Waals surface area contributed by atoms with Crippen LogP contribution in [0.5, 0.6) is 5.75 Å². The number of nitrogens with one attached hydrogen (secondary N) is 1. The lowest BCUT2D eigenvalue weighted by atomic mass is 10.0. The average Bonchev–Trinajstić information content (AvgIpc) is 2.73. The van der Waals surface area contributed by atoms with Crippen molar-refractivity contribution in [2.75, 3.05) is 5.32 Å². The molecule has 0 radical (unpaired) electrons. The maximum atomic E-state index is 13.2. The third-order valence-corrected chi connectivity index (χ3v) is 4.96. The van der Waals surface area contributed by atoms with Crippen LogP contribution in [0.1, 0.15) is 16.7 Å². The molecule has 3 heteroatoms. The lowest BCUT2D eigenvalue weighted by Crippen LogP contribution is -2.05. The van der Waals surface area contributed by atoms with Gasteiger partial charge in [0.2, 0.25) is 0 Å². The summed E-state index contributed by atoms with van der Waals surface area (Å²) in [6, 6.07) is 27.1. The third kappa shape index (κ3) is 3.99. The Morgan fingerprint density at radius 2 is 1.57 bits per heavy atom. The lowest BCUT2D eigenvalue weighted by Gasteiger charge is -2.16. The van der Waals surface area contributed by atoms with Crippen molar-refractivity contribution >= 4 is 16.5 Å². The highest BCUT2D eigenvalue weighted by molar-refractivity contribution is 5.88. The molecule has 4 rings (SSSR count). The van der Waals surface area contributed by atoms with E-state index in [1.165, 1.54) is 28.6 Å². The Kier molecular flexibility index (Phi) is 5.24. The quantitative estimate of drug-likeness (QED) is 0.419. The van der Waals surface area contributed by atoms with E-state index in [1.807, 2.05) is 30.3 Å². The molecule has 0 spiro atoms. The molecule has 0 unspecified atom stereocenters. The Labute approximate surface area is 164 Å². The maximum Gasteiger partial charge on any atom is 0.125 e. The van der Waals surface area contributed by atoms with Gasteiger partial charge in [0.1, 0.15) is 18.2 Å². The van der Waals surface area contributed by atoms with Gasteiger partial charge in [-0.15, -0.1) is 0 Å². The smallest absolute Gasteiger partial charge is 0.125 e. The van der Waals surface area contributed by atoms with E-state index in [2.05, 4.69) is 42.6 Å². The van der Waals surface area contributed by atoms with Crippen LogP contribution >= 0.6 is 0 Å². The van der Waals surface area contributed by atoms with E-state index in [-0.39, 0.29) is 5.82 Å². The molecule has 0 saturated carbocycles. The molecule has 0 aliphatic heterocycles. The zero-order valence-corrected chi connectivity index (χ0v) is 15.8. The standard InChI is InChI=1S/C25H22FNO/c1-18-6-2-3-8-20(18)17-28-25-15-10-19-7-4-5-9-23(19)24(25)16-27-22-13-11-21(26)12-14-22/h2-15,27H,16-17H2,1H3. The molecular formula is C25H22FNO. The molecular weight excluding hydrogens is 349 g/mol. The Bertz CT molecular complexity index is 1090. The van der Waals surface area contributed by atoms with Gasteiger partial charge in [-0.05, 0) is 59.2 Å². The molecule has 4 aromatic rings. The van der Waals surface area contributed by atoms with E-state index in [1.54, 1.807) is 12.1 Å². The van der Waals surface area contributed by atoms with Crippen molar-refractivity contribution < 1.29 is 9.13 Å². The van der Waals surface area contributed by atoms with E-state index < -0.39 is 0 Å². The van der Waals surface area contributed by atoms with Crippen LogP contribution in [0.15, 0.2) is 84.9 Å². The molecule has 0 aromatic heterocycles. The Morgan fingerprint density at radius 1 is 0.821 bits per heavy atom. The molecule has 140 valence electrons. The second-order valence-corrected chi connectivity index (χ2v) is 6.84. The van der Waals surface area contributed by atoms with Crippen LogP contribution in [-0.2, 0) is 13.2 Å². The van der Waals surface area contributed by atoms with Crippen molar-refractivity contribution in [3.63, 3.8) is 0 Å². The highest BCUT2D eigenvalue weighted by Crippen LogP contribution is 2.30. The number of aryl methyl sites for hydroxylation is 1. The molecule has 28 heavy (non-hydrogen) atoms. The molecule has 1 N–H and O–H groups in total. The first kappa shape index (κ1) is 18.1. The number of fused-ring (bicyclic) bond motifs is 1. The van der Waals surface area contributed by atoms with Crippen molar-refractivity contribution in [3.8, 4) is 5.75 Å². The zero-order valence-electron chi connectivity index (χ0n) is 15.8. The second kappa shape index (κ2) is 8.13. The van der Waals surface area contributed by atoms with Crippen LogP contribution in [-0.4, -0.2) is 0 Å². The normalized spacial score (nSPS) is 10.8. The van der Waals surface area contributed by atoms with E-state index in [4.69, 9.17) is 4.74 Å². The summed E-state index contributed by atoms with van der Waals surface area (Å²) in [5.41, 5.74) is 4.36. The second-order valence-electron chi connectivity index (χ2n) is 6.84. The van der Waals surface area contributed by atoms with Crippen molar-refractivity contribution in [2.24, 2.45) is 0 Å². The summed E-state index contributed by atoms with van der Waals surface area (Å²) < 4.78 is 19.4. The first-order valence-electron chi connectivity index (χ1n) is 9.38. The first-order valence-corrected chi connectivity index (χ1v) is 9.38. The Morgan fingerprint density at radius 3 is 2.39 bits per heavy atom. The maximum absolute atomic E-state index is 13.2. The van der Waals surface area contributed by atoms with Crippen molar-refractivity contribution in [3.05, 3.63) is 107 Å². The Hall–Kier alpha value is -3.33. The molecule has 0 saturated heterocycles. The van der Waals surface area contributed by atoms with E-state index in [0.29, 0.717) is 13.2 Å². The fourth-order valence-corrected chi connectivity index (χ4v) is 3.32. The van der Waals surface area contributed by atoms with Gasteiger partial charge in [0.15, 0.2) is 0 Å². The Balaban J connectivity index is 1.62.